The van der Waals surface area contributed by atoms with E-state index in [1.54, 1.807) is 29.2 Å². The second-order valence-corrected chi connectivity index (χ2v) is 8.87. The van der Waals surface area contributed by atoms with E-state index in [0.29, 0.717) is 17.8 Å². The van der Waals surface area contributed by atoms with Crippen LogP contribution in [0.4, 0.5) is 17.1 Å². The molecule has 3 N–H and O–H groups in total. The molecule has 0 aromatic heterocycles. The Hall–Kier alpha value is -4.13. The Morgan fingerprint density at radius 1 is 0.857 bits per heavy atom. The zero-order valence-electron chi connectivity index (χ0n) is 20.3. The van der Waals surface area contributed by atoms with Crippen LogP contribution in [0.2, 0.25) is 0 Å². The fourth-order valence-corrected chi connectivity index (χ4v) is 4.45. The lowest BCUT2D eigenvalue weighted by molar-refractivity contribution is -0.122. The maximum Gasteiger partial charge on any atom is 0.258 e. The number of nitrogens with zero attached hydrogens (tertiary/aromatic N) is 1. The first-order chi connectivity index (χ1) is 16.8. The number of aryl methyl sites for hydroxylation is 3. The van der Waals surface area contributed by atoms with E-state index in [9.17, 15) is 14.4 Å². The average molecular weight is 471 g/mol. The van der Waals surface area contributed by atoms with Gasteiger partial charge in [0.05, 0.1) is 13.1 Å². The Kier molecular flexibility index (Phi) is 7.15. The first kappa shape index (κ1) is 24.0. The fraction of sp³-hybridized carbons (Fsp3) is 0.250. The van der Waals surface area contributed by atoms with E-state index in [1.165, 1.54) is 5.56 Å². The molecular weight excluding hydrogens is 440 g/mol. The van der Waals surface area contributed by atoms with Gasteiger partial charge in [-0.3, -0.25) is 14.4 Å². The number of carbonyl (C=O) groups is 3. The molecule has 0 saturated carbocycles. The molecule has 4 rings (SSSR count). The van der Waals surface area contributed by atoms with Crippen LogP contribution >= 0.6 is 0 Å². The summed E-state index contributed by atoms with van der Waals surface area (Å²) in [5.41, 5.74) is 7.20. The van der Waals surface area contributed by atoms with Crippen LogP contribution in [0, 0.1) is 20.8 Å². The Morgan fingerprint density at radius 3 is 2.37 bits per heavy atom. The standard InChI is InChI=1S/C28H30N4O3/c1-18-13-19(2)27(20(3)14-18)31-26(34)17-30-25(33)16-29-23-9-6-8-22(15-23)28(35)32-12-11-21-7-4-5-10-24(21)32/h4-10,13-15,29H,11-12,16-17H2,1-3H3,(H,30,33)(H,31,34). The second-order valence-electron chi connectivity index (χ2n) is 8.87. The van der Waals surface area contributed by atoms with Crippen molar-refractivity contribution in [3.05, 3.63) is 88.5 Å². The number of nitrogens with one attached hydrogen (secondary N) is 3. The third-order valence-electron chi connectivity index (χ3n) is 6.08. The van der Waals surface area contributed by atoms with Gasteiger partial charge in [-0.25, -0.2) is 0 Å². The number of carbonyl (C=O) groups excluding carboxylic acids is 3. The Labute approximate surface area is 205 Å². The molecule has 3 aromatic carbocycles. The molecule has 0 fully saturated rings. The third-order valence-corrected chi connectivity index (χ3v) is 6.08. The zero-order chi connectivity index (χ0) is 24.9. The van der Waals surface area contributed by atoms with Crippen LogP contribution in [0.15, 0.2) is 60.7 Å². The lowest BCUT2D eigenvalue weighted by Crippen LogP contribution is -2.36. The van der Waals surface area contributed by atoms with Crippen LogP contribution in [-0.4, -0.2) is 37.4 Å². The van der Waals surface area contributed by atoms with Gasteiger partial charge in [-0.2, -0.15) is 0 Å². The number of fused-ring (bicyclic) bond motifs is 1. The predicted octanol–water partition coefficient (Wildman–Crippen LogP) is 3.98. The smallest absolute Gasteiger partial charge is 0.258 e. The summed E-state index contributed by atoms with van der Waals surface area (Å²) in [5.74, 6) is -0.670. The molecule has 0 radical (unpaired) electrons. The molecule has 0 unspecified atom stereocenters. The van der Waals surface area contributed by atoms with Crippen molar-refractivity contribution in [2.75, 3.05) is 35.2 Å². The first-order valence-electron chi connectivity index (χ1n) is 11.7. The minimum absolute atomic E-state index is 0.0138. The molecule has 3 aromatic rings. The molecular formula is C28H30N4O3. The van der Waals surface area contributed by atoms with Crippen LogP contribution < -0.4 is 20.9 Å². The summed E-state index contributed by atoms with van der Waals surface area (Å²) in [6.07, 6.45) is 0.844. The molecule has 0 atom stereocenters. The topological polar surface area (TPSA) is 90.5 Å². The number of benzene rings is 3. The van der Waals surface area contributed by atoms with Gasteiger partial charge in [-0.15, -0.1) is 0 Å². The van der Waals surface area contributed by atoms with Gasteiger partial charge in [0.15, 0.2) is 0 Å². The van der Waals surface area contributed by atoms with Crippen LogP contribution in [0.5, 0.6) is 0 Å². The molecule has 0 bridgehead atoms. The molecule has 1 aliphatic rings. The third kappa shape index (κ3) is 5.69. The first-order valence-corrected chi connectivity index (χ1v) is 11.7. The number of hydrogen-bond donors (Lipinski definition) is 3. The van der Waals surface area contributed by atoms with E-state index in [4.69, 9.17) is 0 Å². The Balaban J connectivity index is 1.29. The summed E-state index contributed by atoms with van der Waals surface area (Å²) in [5, 5.41) is 8.53. The van der Waals surface area contributed by atoms with Crippen molar-refractivity contribution in [2.45, 2.75) is 27.2 Å². The van der Waals surface area contributed by atoms with Gasteiger partial charge in [-0.05, 0) is 68.1 Å². The van der Waals surface area contributed by atoms with Gasteiger partial charge >= 0.3 is 0 Å². The van der Waals surface area contributed by atoms with Gasteiger partial charge < -0.3 is 20.9 Å². The number of amides is 3. The summed E-state index contributed by atoms with van der Waals surface area (Å²) in [6.45, 7) is 6.41. The van der Waals surface area contributed by atoms with Crippen LogP contribution in [-0.2, 0) is 16.0 Å². The summed E-state index contributed by atoms with van der Waals surface area (Å²) < 4.78 is 0. The molecule has 0 saturated heterocycles. The largest absolute Gasteiger partial charge is 0.376 e. The van der Waals surface area contributed by atoms with Gasteiger partial charge in [0.2, 0.25) is 11.8 Å². The highest BCUT2D eigenvalue weighted by molar-refractivity contribution is 6.07. The highest BCUT2D eigenvalue weighted by Crippen LogP contribution is 2.29. The van der Waals surface area contributed by atoms with E-state index in [-0.39, 0.29) is 30.8 Å². The monoisotopic (exact) mass is 470 g/mol. The van der Waals surface area contributed by atoms with Gasteiger partial charge in [0.1, 0.15) is 0 Å². The lowest BCUT2D eigenvalue weighted by atomic mass is 10.1. The van der Waals surface area contributed by atoms with Crippen molar-refractivity contribution in [1.82, 2.24) is 5.32 Å². The normalized spacial score (nSPS) is 12.1. The lowest BCUT2D eigenvalue weighted by Gasteiger charge is -2.18. The molecule has 35 heavy (non-hydrogen) atoms. The van der Waals surface area contributed by atoms with Crippen molar-refractivity contribution < 1.29 is 14.4 Å². The number of anilines is 3. The van der Waals surface area contributed by atoms with Crippen LogP contribution in [0.1, 0.15) is 32.6 Å². The summed E-state index contributed by atoms with van der Waals surface area (Å²) >= 11 is 0. The van der Waals surface area contributed by atoms with E-state index in [2.05, 4.69) is 16.0 Å². The maximum atomic E-state index is 13.1. The van der Waals surface area contributed by atoms with Crippen molar-refractivity contribution >= 4 is 34.8 Å². The Bertz CT molecular complexity index is 1260. The van der Waals surface area contributed by atoms with Crippen molar-refractivity contribution in [2.24, 2.45) is 0 Å². The SMILES string of the molecule is Cc1cc(C)c(NC(=O)CNC(=O)CNc2cccc(C(=O)N3CCc4ccccc43)c2)c(C)c1. The minimum atomic E-state index is -0.317. The average Bonchev–Trinajstić information content (AvgIpc) is 3.27. The molecule has 0 aliphatic carbocycles. The number of para-hydroxylation sites is 1. The van der Waals surface area contributed by atoms with Crippen LogP contribution in [0.25, 0.3) is 0 Å². The van der Waals surface area contributed by atoms with E-state index < -0.39 is 0 Å². The summed E-state index contributed by atoms with van der Waals surface area (Å²) in [4.78, 5) is 39.5. The molecule has 7 heteroatoms. The zero-order valence-corrected chi connectivity index (χ0v) is 20.3. The van der Waals surface area contributed by atoms with Crippen LogP contribution in [0.3, 0.4) is 0 Å². The minimum Gasteiger partial charge on any atom is -0.376 e. The fourth-order valence-electron chi connectivity index (χ4n) is 4.45. The van der Waals surface area contributed by atoms with Crippen molar-refractivity contribution in [3.63, 3.8) is 0 Å². The molecule has 180 valence electrons. The molecule has 3 amide bonds. The van der Waals surface area contributed by atoms with Crippen molar-refractivity contribution in [3.8, 4) is 0 Å². The quantitative estimate of drug-likeness (QED) is 0.487. The van der Waals surface area contributed by atoms with Gasteiger partial charge in [-0.1, -0.05) is 42.0 Å². The summed E-state index contributed by atoms with van der Waals surface area (Å²) in [7, 11) is 0. The molecule has 1 heterocycles. The Morgan fingerprint density at radius 2 is 1.60 bits per heavy atom. The van der Waals surface area contributed by atoms with E-state index in [0.717, 1.165) is 34.5 Å². The predicted molar refractivity (Wildman–Crippen MR) is 139 cm³/mol. The second kappa shape index (κ2) is 10.4. The highest BCUT2D eigenvalue weighted by atomic mass is 16.2. The molecule has 7 nitrogen and oxygen atoms in total. The van der Waals surface area contributed by atoms with Gasteiger partial charge in [0, 0.05) is 29.2 Å². The number of rotatable bonds is 7. The van der Waals surface area contributed by atoms with E-state index in [1.807, 2.05) is 57.2 Å². The maximum absolute atomic E-state index is 13.1. The van der Waals surface area contributed by atoms with E-state index >= 15 is 0 Å². The van der Waals surface area contributed by atoms with Crippen molar-refractivity contribution in [1.29, 1.82) is 0 Å². The molecule has 0 spiro atoms. The van der Waals surface area contributed by atoms with Gasteiger partial charge in [0.25, 0.3) is 5.91 Å². The highest BCUT2D eigenvalue weighted by Gasteiger charge is 2.25. The summed E-state index contributed by atoms with van der Waals surface area (Å²) in [6, 6.07) is 19.0. The number of hydrogen-bond acceptors (Lipinski definition) is 4. The molecule has 1 aliphatic heterocycles.